The van der Waals surface area contributed by atoms with Gasteiger partial charge in [-0.25, -0.2) is 0 Å². The third-order valence-corrected chi connectivity index (χ3v) is 6.56. The van der Waals surface area contributed by atoms with E-state index < -0.39 is 23.3 Å². The van der Waals surface area contributed by atoms with Crippen molar-refractivity contribution in [3.63, 3.8) is 0 Å². The molecule has 0 saturated heterocycles. The van der Waals surface area contributed by atoms with Gasteiger partial charge in [0.1, 0.15) is 0 Å². The maximum atomic E-state index is 13.5. The summed E-state index contributed by atoms with van der Waals surface area (Å²) in [6.07, 6.45) is 7.53. The van der Waals surface area contributed by atoms with E-state index in [4.69, 9.17) is 0 Å². The quantitative estimate of drug-likeness (QED) is 0.156. The first-order valence-electron chi connectivity index (χ1n) is 12.8. The van der Waals surface area contributed by atoms with Gasteiger partial charge in [0.2, 0.25) is 12.7 Å². The van der Waals surface area contributed by atoms with Gasteiger partial charge < -0.3 is 23.4 Å². The van der Waals surface area contributed by atoms with Gasteiger partial charge in [-0.3, -0.25) is 32.9 Å². The molecule has 0 fully saturated rings. The first kappa shape index (κ1) is 33.9. The van der Waals surface area contributed by atoms with Crippen LogP contribution in [0.15, 0.2) is 48.7 Å². The predicted octanol–water partition coefficient (Wildman–Crippen LogP) is 3.48. The van der Waals surface area contributed by atoms with Crippen LogP contribution in [0.25, 0.3) is 22.9 Å². The van der Waals surface area contributed by atoms with Crippen LogP contribution in [-0.2, 0) is 34.2 Å². The molecule has 0 bridgehead atoms. The number of hydrogen-bond acceptors (Lipinski definition) is 4. The minimum absolute atomic E-state index is 0. The number of aromatic nitrogens is 9. The fourth-order valence-corrected chi connectivity index (χ4v) is 3.80. The van der Waals surface area contributed by atoms with Crippen molar-refractivity contribution >= 4 is 0 Å². The van der Waals surface area contributed by atoms with E-state index in [1.165, 1.54) is 9.13 Å². The van der Waals surface area contributed by atoms with Crippen molar-refractivity contribution in [1.29, 1.82) is 0 Å². The van der Waals surface area contributed by atoms with Crippen LogP contribution in [0.4, 0.5) is 17.6 Å². The molecule has 0 atom stereocenters. The maximum absolute atomic E-state index is 13.5. The second kappa shape index (κ2) is 14.8. The first-order valence-corrected chi connectivity index (χ1v) is 12.8. The molecule has 0 aliphatic carbocycles. The van der Waals surface area contributed by atoms with Crippen molar-refractivity contribution in [2.24, 2.45) is 14.1 Å². The Balaban J connectivity index is 0.000000181. The van der Waals surface area contributed by atoms with E-state index in [0.717, 1.165) is 47.0 Å². The normalized spacial score (nSPS) is 10.3. The number of tetrazole rings is 1. The van der Waals surface area contributed by atoms with E-state index in [2.05, 4.69) is 50.4 Å². The van der Waals surface area contributed by atoms with Crippen molar-refractivity contribution in [2.45, 2.75) is 27.7 Å². The van der Waals surface area contributed by atoms with Crippen LogP contribution >= 0.6 is 0 Å². The van der Waals surface area contributed by atoms with Gasteiger partial charge in [0.25, 0.3) is 0 Å². The molecule has 6 rings (SSSR count). The molecule has 4 heterocycles. The topological polar surface area (TPSA) is 83.3 Å². The van der Waals surface area contributed by atoms with Gasteiger partial charge in [-0.2, -0.15) is 17.3 Å². The molecular weight excluding hydrogens is 755 g/mol. The monoisotopic (exact) mass is 781 g/mol. The Kier molecular flexibility index (Phi) is 11.4. The van der Waals surface area contributed by atoms with Crippen molar-refractivity contribution in [3.05, 3.63) is 119 Å². The minimum atomic E-state index is -0.644. The molecule has 0 saturated carbocycles. The van der Waals surface area contributed by atoms with E-state index in [9.17, 15) is 17.6 Å². The number of benzene rings is 2. The standard InChI is InChI=1S/2C12H11F2N2.C6H4N5.Ir/c2*1-8-9(2)16(7-15(8)3)12-5-4-10(13)6-11(12)14;1-2-4-7-5(3-1)6-8-10-11-9-6;/h2*4,6H,1-3H3;1-4H;/q3*-1;. The van der Waals surface area contributed by atoms with Gasteiger partial charge in [-0.05, 0) is 51.2 Å². The van der Waals surface area contributed by atoms with Crippen molar-refractivity contribution < 1.29 is 46.8 Å². The summed E-state index contributed by atoms with van der Waals surface area (Å²) in [5, 5.41) is 14.0. The zero-order chi connectivity index (χ0) is 31.3. The number of rotatable bonds is 3. The van der Waals surface area contributed by atoms with Gasteiger partial charge in [-0.15, -0.1) is 24.3 Å². The molecule has 1 radical (unpaired) electrons. The molecule has 0 aliphatic rings. The van der Waals surface area contributed by atoms with E-state index in [1.54, 1.807) is 21.4 Å². The Morgan fingerprint density at radius 1 is 0.773 bits per heavy atom. The minimum Gasteiger partial charge on any atom is -0.343 e. The summed E-state index contributed by atoms with van der Waals surface area (Å²) in [5.41, 5.74) is 4.70. The molecule has 9 nitrogen and oxygen atoms in total. The molecular formula is C30H26F4IrN9-3. The molecule has 0 aliphatic heterocycles. The molecule has 0 N–H and O–H groups in total. The molecule has 0 unspecified atom stereocenters. The van der Waals surface area contributed by atoms with Crippen molar-refractivity contribution in [3.8, 4) is 22.9 Å². The first-order chi connectivity index (χ1) is 20.5. The molecule has 4 aromatic heterocycles. The molecule has 0 amide bonds. The summed E-state index contributed by atoms with van der Waals surface area (Å²) < 4.78 is 59.2. The molecule has 2 aromatic carbocycles. The van der Waals surface area contributed by atoms with Gasteiger partial charge >= 0.3 is 0 Å². The molecule has 0 spiro atoms. The Hall–Kier alpha value is -4.55. The van der Waals surface area contributed by atoms with Crippen molar-refractivity contribution in [1.82, 2.24) is 34.7 Å². The van der Waals surface area contributed by atoms with Crippen LogP contribution in [0.2, 0.25) is 0 Å². The number of pyridine rings is 1. The van der Waals surface area contributed by atoms with Gasteiger partial charge in [0.05, 0.1) is 25.6 Å². The summed E-state index contributed by atoms with van der Waals surface area (Å²) in [6, 6.07) is 14.5. The number of hydrogen-bond donors (Lipinski definition) is 0. The third kappa shape index (κ3) is 7.69. The van der Waals surface area contributed by atoms with Crippen LogP contribution in [0.5, 0.6) is 0 Å². The fraction of sp³-hybridized carbons (Fsp3) is 0.200. The summed E-state index contributed by atoms with van der Waals surface area (Å²) >= 11 is 0. The average Bonchev–Trinajstić information content (AvgIpc) is 3.68. The summed E-state index contributed by atoms with van der Waals surface area (Å²) in [4.78, 5) is 4.02. The second-order valence-corrected chi connectivity index (χ2v) is 9.28. The zero-order valence-corrected chi connectivity index (χ0v) is 26.9. The van der Waals surface area contributed by atoms with Gasteiger partial charge in [0.15, 0.2) is 0 Å². The van der Waals surface area contributed by atoms with Crippen LogP contribution in [0.3, 0.4) is 0 Å². The Morgan fingerprint density at radius 2 is 1.27 bits per heavy atom. The summed E-state index contributed by atoms with van der Waals surface area (Å²) in [7, 11) is 3.64. The smallest absolute Gasteiger partial charge is 0.241 e. The number of nitrogens with zero attached hydrogens (tertiary/aromatic N) is 9. The molecule has 44 heavy (non-hydrogen) atoms. The molecule has 6 aromatic rings. The van der Waals surface area contributed by atoms with Gasteiger partial charge in [-0.1, -0.05) is 6.07 Å². The largest absolute Gasteiger partial charge is 0.343 e. The number of imidazole rings is 2. The number of aryl methyl sites for hydroxylation is 2. The fourth-order valence-electron chi connectivity index (χ4n) is 3.80. The molecule has 231 valence electrons. The Bertz CT molecular complexity index is 1740. The predicted molar refractivity (Wildman–Crippen MR) is 144 cm³/mol. The average molecular weight is 781 g/mol. The molecule has 14 heteroatoms. The summed E-state index contributed by atoms with van der Waals surface area (Å²) in [6.45, 7) is 7.51. The van der Waals surface area contributed by atoms with Crippen LogP contribution in [0.1, 0.15) is 22.8 Å². The SMILES string of the molecule is Cc1c(C)[n+](C)[c-]n1-c1[c-]cc(F)cc1F.Cc1c(C)[n+](C)[c-]n1-c1[c-]cc(F)cc1F.[Ir].c1ccc(-c2nnn[n-]2)nc1. The number of halogens is 4. The van der Waals surface area contributed by atoms with Crippen LogP contribution in [0, 0.1) is 75.8 Å². The van der Waals surface area contributed by atoms with Crippen LogP contribution < -0.4 is 14.2 Å². The Morgan fingerprint density at radius 3 is 1.61 bits per heavy atom. The van der Waals surface area contributed by atoms with E-state index >= 15 is 0 Å². The van der Waals surface area contributed by atoms with E-state index in [0.29, 0.717) is 11.5 Å². The van der Waals surface area contributed by atoms with Crippen molar-refractivity contribution in [2.75, 3.05) is 0 Å². The van der Waals surface area contributed by atoms with E-state index in [1.807, 2.05) is 53.9 Å². The Labute approximate surface area is 265 Å². The third-order valence-electron chi connectivity index (χ3n) is 6.56. The second-order valence-electron chi connectivity index (χ2n) is 9.28. The van der Waals surface area contributed by atoms with Crippen LogP contribution in [-0.4, -0.2) is 29.6 Å². The van der Waals surface area contributed by atoms with Gasteiger partial charge in [0, 0.05) is 72.3 Å². The summed E-state index contributed by atoms with van der Waals surface area (Å²) in [5.74, 6) is -2.09. The zero-order valence-electron chi connectivity index (χ0n) is 24.5. The maximum Gasteiger partial charge on any atom is 0.241 e. The van der Waals surface area contributed by atoms with E-state index in [-0.39, 0.29) is 31.5 Å².